The lowest BCUT2D eigenvalue weighted by Crippen LogP contribution is -2.41. The fourth-order valence-electron chi connectivity index (χ4n) is 1.21. The van der Waals surface area contributed by atoms with Crippen molar-refractivity contribution >= 4 is 12.1 Å². The number of esters is 1. The zero-order chi connectivity index (χ0) is 14.3. The van der Waals surface area contributed by atoms with Gasteiger partial charge in [-0.3, -0.25) is 0 Å². The van der Waals surface area contributed by atoms with Gasteiger partial charge in [0, 0.05) is 6.92 Å². The Hall–Kier alpha value is -2.08. The fraction of sp³-hybridized carbons (Fsp3) is 0.385. The molecule has 1 N–H and O–H groups in total. The highest BCUT2D eigenvalue weighted by Gasteiger charge is 2.37. The van der Waals surface area contributed by atoms with Crippen molar-refractivity contribution in [2.75, 3.05) is 6.61 Å². The summed E-state index contributed by atoms with van der Waals surface area (Å²) in [4.78, 5) is 22.6. The van der Waals surface area contributed by atoms with Crippen LogP contribution in [0.1, 0.15) is 19.4 Å². The molecule has 0 spiro atoms. The Labute approximate surface area is 110 Å². The van der Waals surface area contributed by atoms with Crippen molar-refractivity contribution in [3.05, 3.63) is 35.9 Å². The second kappa shape index (κ2) is 6.75. The number of rotatable bonds is 5. The van der Waals surface area contributed by atoms with E-state index in [9.17, 15) is 14.7 Å². The van der Waals surface area contributed by atoms with Gasteiger partial charge >= 0.3 is 17.9 Å². The van der Waals surface area contributed by atoms with Crippen LogP contribution >= 0.6 is 0 Å². The number of hydrogen-bond acceptors (Lipinski definition) is 6. The van der Waals surface area contributed by atoms with Crippen LogP contribution in [0, 0.1) is 0 Å². The molecule has 0 aliphatic carbocycles. The summed E-state index contributed by atoms with van der Waals surface area (Å²) in [6.45, 7) is 2.63. The molecule has 0 aromatic heterocycles. The largest absolute Gasteiger partial charge is 0.511 e. The van der Waals surface area contributed by atoms with Crippen molar-refractivity contribution in [1.82, 2.24) is 0 Å². The molecule has 1 atom stereocenters. The van der Waals surface area contributed by atoms with Crippen LogP contribution in [0.3, 0.4) is 0 Å². The Balaban J connectivity index is 2.44. The van der Waals surface area contributed by atoms with Gasteiger partial charge in [-0.05, 0) is 12.5 Å². The Morgan fingerprint density at radius 1 is 1.21 bits per heavy atom. The Bertz CT molecular complexity index is 426. The van der Waals surface area contributed by atoms with Crippen LogP contribution < -0.4 is 0 Å². The molecule has 1 aromatic carbocycles. The van der Waals surface area contributed by atoms with Gasteiger partial charge in [-0.1, -0.05) is 30.3 Å². The maximum atomic E-state index is 11.3. The second-order valence-electron chi connectivity index (χ2n) is 3.83. The van der Waals surface area contributed by atoms with E-state index in [0.717, 1.165) is 12.5 Å². The molecule has 0 fully saturated rings. The Morgan fingerprint density at radius 3 is 2.42 bits per heavy atom. The molecule has 1 aromatic rings. The molecule has 0 saturated heterocycles. The van der Waals surface area contributed by atoms with E-state index in [4.69, 9.17) is 4.74 Å². The minimum Gasteiger partial charge on any atom is -0.461 e. The quantitative estimate of drug-likeness (QED) is 0.645. The van der Waals surface area contributed by atoms with Gasteiger partial charge in [-0.2, -0.15) is 0 Å². The average Bonchev–Trinajstić information content (AvgIpc) is 2.37. The maximum absolute atomic E-state index is 11.3. The molecular formula is C13H16O6. The smallest absolute Gasteiger partial charge is 0.461 e. The van der Waals surface area contributed by atoms with Crippen molar-refractivity contribution in [2.24, 2.45) is 0 Å². The number of hydrogen-bond donors (Lipinski definition) is 1. The van der Waals surface area contributed by atoms with E-state index in [1.807, 2.05) is 6.07 Å². The lowest BCUT2D eigenvalue weighted by atomic mass is 10.2. The first kappa shape index (κ1) is 15.0. The third-order valence-electron chi connectivity index (χ3n) is 2.14. The molecule has 19 heavy (non-hydrogen) atoms. The summed E-state index contributed by atoms with van der Waals surface area (Å²) in [5.41, 5.74) is 0.759. The van der Waals surface area contributed by atoms with Gasteiger partial charge in [0.25, 0.3) is 0 Å². The molecule has 0 radical (unpaired) electrons. The monoisotopic (exact) mass is 268 g/mol. The van der Waals surface area contributed by atoms with Crippen molar-refractivity contribution in [3.8, 4) is 0 Å². The molecular weight excluding hydrogens is 252 g/mol. The highest BCUT2D eigenvalue weighted by Crippen LogP contribution is 2.11. The van der Waals surface area contributed by atoms with Gasteiger partial charge in [-0.25, -0.2) is 9.59 Å². The van der Waals surface area contributed by atoms with Crippen molar-refractivity contribution in [1.29, 1.82) is 0 Å². The Morgan fingerprint density at radius 2 is 1.84 bits per heavy atom. The number of carbonyl (C=O) groups is 2. The van der Waals surface area contributed by atoms with Crippen molar-refractivity contribution < 1.29 is 28.9 Å². The summed E-state index contributed by atoms with van der Waals surface area (Å²) in [5.74, 6) is -3.41. The maximum Gasteiger partial charge on any atom is 0.511 e. The van der Waals surface area contributed by atoms with Gasteiger partial charge in [0.1, 0.15) is 6.61 Å². The summed E-state index contributed by atoms with van der Waals surface area (Å²) in [6.07, 6.45) is -1.15. The van der Waals surface area contributed by atoms with Gasteiger partial charge < -0.3 is 19.3 Å². The minimum atomic E-state index is -2.36. The summed E-state index contributed by atoms with van der Waals surface area (Å²) in [7, 11) is 0. The second-order valence-corrected chi connectivity index (χ2v) is 3.83. The van der Waals surface area contributed by atoms with Crippen LogP contribution in [-0.4, -0.2) is 29.6 Å². The van der Waals surface area contributed by atoms with Gasteiger partial charge in [0.15, 0.2) is 0 Å². The zero-order valence-electron chi connectivity index (χ0n) is 10.8. The highest BCUT2D eigenvalue weighted by atomic mass is 16.8. The number of aliphatic hydroxyl groups is 1. The minimum absolute atomic E-state index is 0.0153. The van der Waals surface area contributed by atoms with Crippen LogP contribution in [0.4, 0.5) is 4.79 Å². The van der Waals surface area contributed by atoms with Crippen LogP contribution in [-0.2, 0) is 25.6 Å². The van der Waals surface area contributed by atoms with Gasteiger partial charge in [0.05, 0.1) is 6.61 Å². The van der Waals surface area contributed by atoms with E-state index in [0.29, 0.717) is 0 Å². The molecule has 0 heterocycles. The number of carbonyl (C=O) groups excluding carboxylic acids is 2. The zero-order valence-corrected chi connectivity index (χ0v) is 10.8. The molecule has 6 heteroatoms. The summed E-state index contributed by atoms with van der Waals surface area (Å²) in [6, 6.07) is 8.93. The van der Waals surface area contributed by atoms with E-state index in [2.05, 4.69) is 9.47 Å². The van der Waals surface area contributed by atoms with Gasteiger partial charge in [0.2, 0.25) is 0 Å². The number of ether oxygens (including phenoxy) is 3. The van der Waals surface area contributed by atoms with Gasteiger partial charge in [-0.15, -0.1) is 0 Å². The van der Waals surface area contributed by atoms with Crippen molar-refractivity contribution in [3.63, 3.8) is 0 Å². The van der Waals surface area contributed by atoms with E-state index in [1.165, 1.54) is 0 Å². The van der Waals surface area contributed by atoms with Crippen molar-refractivity contribution in [2.45, 2.75) is 26.2 Å². The van der Waals surface area contributed by atoms with Crippen LogP contribution in [0.2, 0.25) is 0 Å². The molecule has 0 bridgehead atoms. The molecule has 0 saturated carbocycles. The first-order valence-corrected chi connectivity index (χ1v) is 5.75. The summed E-state index contributed by atoms with van der Waals surface area (Å²) >= 11 is 0. The molecule has 0 aliphatic rings. The molecule has 1 rings (SSSR count). The van der Waals surface area contributed by atoms with E-state index in [1.54, 1.807) is 31.2 Å². The predicted octanol–water partition coefficient (Wildman–Crippen LogP) is 1.61. The molecule has 6 nitrogen and oxygen atoms in total. The highest BCUT2D eigenvalue weighted by molar-refractivity contribution is 5.79. The topological polar surface area (TPSA) is 82.1 Å². The number of benzene rings is 1. The Kier molecular flexibility index (Phi) is 5.32. The predicted molar refractivity (Wildman–Crippen MR) is 65.0 cm³/mol. The average molecular weight is 268 g/mol. The standard InChI is InChI=1S/C13H16O6/c1-3-17-11(14)13(2,16)19-12(15)18-9-10-7-5-4-6-8-10/h4-8,16H,3,9H2,1-2H3. The van der Waals surface area contributed by atoms with E-state index < -0.39 is 17.9 Å². The van der Waals surface area contributed by atoms with Crippen LogP contribution in [0.5, 0.6) is 0 Å². The van der Waals surface area contributed by atoms with Crippen LogP contribution in [0.15, 0.2) is 30.3 Å². The lowest BCUT2D eigenvalue weighted by Gasteiger charge is -2.20. The molecule has 104 valence electrons. The van der Waals surface area contributed by atoms with E-state index >= 15 is 0 Å². The molecule has 0 amide bonds. The fourth-order valence-corrected chi connectivity index (χ4v) is 1.21. The summed E-state index contributed by atoms with van der Waals surface area (Å²) < 4.78 is 13.8. The molecule has 1 unspecified atom stereocenters. The first-order valence-electron chi connectivity index (χ1n) is 5.75. The van der Waals surface area contributed by atoms with Crippen LogP contribution in [0.25, 0.3) is 0 Å². The third-order valence-corrected chi connectivity index (χ3v) is 2.14. The molecule has 0 aliphatic heterocycles. The van der Waals surface area contributed by atoms with E-state index in [-0.39, 0.29) is 13.2 Å². The first-order chi connectivity index (χ1) is 8.95. The lowest BCUT2D eigenvalue weighted by molar-refractivity contribution is -0.208. The normalized spacial score (nSPS) is 13.2. The summed E-state index contributed by atoms with van der Waals surface area (Å²) in [5, 5.41) is 9.58. The SMILES string of the molecule is CCOC(=O)C(C)(O)OC(=O)OCc1ccccc1. The third kappa shape index (κ3) is 4.97.